The first-order chi connectivity index (χ1) is 13.4. The number of carbonyl (C=O) groups excluding carboxylic acids is 3. The van der Waals surface area contributed by atoms with E-state index in [1.165, 1.54) is 10.5 Å². The minimum Gasteiger partial charge on any atom is -0.379 e. The molecule has 2 fully saturated rings. The Balaban J connectivity index is 1.48. The first-order valence-corrected chi connectivity index (χ1v) is 9.99. The lowest BCUT2D eigenvalue weighted by atomic mass is 10.1. The van der Waals surface area contributed by atoms with Crippen LogP contribution in [0.3, 0.4) is 0 Å². The Bertz CT molecular complexity index is 707. The van der Waals surface area contributed by atoms with Crippen molar-refractivity contribution in [3.05, 3.63) is 35.9 Å². The summed E-state index contributed by atoms with van der Waals surface area (Å²) in [6, 6.07) is 9.16. The van der Waals surface area contributed by atoms with E-state index < -0.39 is 6.04 Å². The van der Waals surface area contributed by atoms with Crippen LogP contribution >= 0.6 is 0 Å². The lowest BCUT2D eigenvalue weighted by Gasteiger charge is -2.19. The number of rotatable bonds is 9. The summed E-state index contributed by atoms with van der Waals surface area (Å²) < 4.78 is 5.47. The third-order valence-electron chi connectivity index (χ3n) is 5.21. The highest BCUT2D eigenvalue weighted by Gasteiger charge is 2.40. The van der Waals surface area contributed by atoms with Gasteiger partial charge in [0, 0.05) is 45.0 Å². The molecule has 4 amide bonds. The Kier molecular flexibility index (Phi) is 6.67. The summed E-state index contributed by atoms with van der Waals surface area (Å²) in [5.41, 5.74) is 1.19. The van der Waals surface area contributed by atoms with Crippen molar-refractivity contribution < 1.29 is 19.1 Å². The molecule has 1 N–H and O–H groups in total. The number of urea groups is 1. The van der Waals surface area contributed by atoms with E-state index in [-0.39, 0.29) is 29.9 Å². The molecule has 2 saturated heterocycles. The molecule has 152 valence electrons. The summed E-state index contributed by atoms with van der Waals surface area (Å²) in [7, 11) is 0. The van der Waals surface area contributed by atoms with Crippen LogP contribution in [0.5, 0.6) is 0 Å². The first kappa shape index (κ1) is 20.3. The number of imide groups is 1. The Morgan fingerprint density at radius 3 is 2.64 bits per heavy atom. The molecule has 2 heterocycles. The summed E-state index contributed by atoms with van der Waals surface area (Å²) in [5.74, 6) is -0.133. The molecule has 7 heteroatoms. The summed E-state index contributed by atoms with van der Waals surface area (Å²) in [6.45, 7) is 5.83. The quantitative estimate of drug-likeness (QED) is 0.656. The van der Waals surface area contributed by atoms with E-state index in [9.17, 15) is 14.4 Å². The highest BCUT2D eigenvalue weighted by molar-refractivity contribution is 6.04. The Morgan fingerprint density at radius 1 is 1.18 bits per heavy atom. The van der Waals surface area contributed by atoms with Gasteiger partial charge in [0.05, 0.1) is 6.10 Å². The van der Waals surface area contributed by atoms with E-state index in [1.807, 2.05) is 36.9 Å². The summed E-state index contributed by atoms with van der Waals surface area (Å²) in [4.78, 5) is 40.2. The van der Waals surface area contributed by atoms with Crippen LogP contribution in [0.25, 0.3) is 0 Å². The molecule has 0 bridgehead atoms. The van der Waals surface area contributed by atoms with Crippen LogP contribution in [0.4, 0.5) is 4.79 Å². The van der Waals surface area contributed by atoms with Crippen LogP contribution in [0, 0.1) is 5.92 Å². The Labute approximate surface area is 166 Å². The molecule has 0 spiro atoms. The van der Waals surface area contributed by atoms with Gasteiger partial charge in [-0.15, -0.1) is 0 Å². The fourth-order valence-corrected chi connectivity index (χ4v) is 3.73. The molecule has 0 aliphatic carbocycles. The van der Waals surface area contributed by atoms with Gasteiger partial charge in [-0.1, -0.05) is 30.3 Å². The summed E-state index contributed by atoms with van der Waals surface area (Å²) in [6.07, 6.45) is 1.74. The van der Waals surface area contributed by atoms with E-state index >= 15 is 0 Å². The zero-order chi connectivity index (χ0) is 20.1. The second-order valence-corrected chi connectivity index (χ2v) is 7.80. The molecule has 0 unspecified atom stereocenters. The number of hydrogen-bond acceptors (Lipinski definition) is 4. The van der Waals surface area contributed by atoms with Gasteiger partial charge in [0.25, 0.3) is 5.91 Å². The van der Waals surface area contributed by atoms with Crippen LogP contribution in [-0.4, -0.2) is 66.0 Å². The zero-order valence-electron chi connectivity index (χ0n) is 16.6. The van der Waals surface area contributed by atoms with E-state index in [0.717, 1.165) is 6.42 Å². The molecule has 2 aliphatic rings. The molecule has 3 rings (SSSR count). The number of amides is 4. The predicted octanol–water partition coefficient (Wildman–Crippen LogP) is 1.81. The van der Waals surface area contributed by atoms with Gasteiger partial charge in [-0.2, -0.15) is 0 Å². The lowest BCUT2D eigenvalue weighted by Crippen LogP contribution is -2.37. The van der Waals surface area contributed by atoms with Crippen LogP contribution in [-0.2, 0) is 20.7 Å². The minimum absolute atomic E-state index is 0.0105. The molecular formula is C21H29N3O4. The van der Waals surface area contributed by atoms with Crippen LogP contribution in [0.1, 0.15) is 32.3 Å². The second kappa shape index (κ2) is 9.19. The molecule has 0 aromatic heterocycles. The van der Waals surface area contributed by atoms with Gasteiger partial charge >= 0.3 is 6.03 Å². The number of benzene rings is 1. The highest BCUT2D eigenvalue weighted by atomic mass is 16.5. The first-order valence-electron chi connectivity index (χ1n) is 9.99. The van der Waals surface area contributed by atoms with Crippen molar-refractivity contribution in [1.29, 1.82) is 0 Å². The van der Waals surface area contributed by atoms with Crippen molar-refractivity contribution in [3.63, 3.8) is 0 Å². The van der Waals surface area contributed by atoms with Gasteiger partial charge in [-0.05, 0) is 25.8 Å². The van der Waals surface area contributed by atoms with Crippen molar-refractivity contribution in [1.82, 2.24) is 15.1 Å². The summed E-state index contributed by atoms with van der Waals surface area (Å²) in [5, 5.41) is 2.73. The van der Waals surface area contributed by atoms with Crippen LogP contribution in [0.2, 0.25) is 0 Å². The fourth-order valence-electron chi connectivity index (χ4n) is 3.73. The molecule has 2 atom stereocenters. The lowest BCUT2D eigenvalue weighted by molar-refractivity contribution is -0.129. The Morgan fingerprint density at radius 2 is 1.93 bits per heavy atom. The number of likely N-dealkylation sites (tertiary alicyclic amines) is 1. The number of nitrogens with one attached hydrogen (secondary N) is 1. The Hall–Kier alpha value is -2.41. The highest BCUT2D eigenvalue weighted by Crippen LogP contribution is 2.22. The molecule has 2 aliphatic heterocycles. The summed E-state index contributed by atoms with van der Waals surface area (Å²) >= 11 is 0. The van der Waals surface area contributed by atoms with E-state index in [2.05, 4.69) is 17.4 Å². The molecule has 7 nitrogen and oxygen atoms in total. The second-order valence-electron chi connectivity index (χ2n) is 7.80. The minimum atomic E-state index is -0.530. The molecule has 28 heavy (non-hydrogen) atoms. The number of ether oxygens (including phenoxy) is 1. The molecule has 0 radical (unpaired) electrons. The maximum Gasteiger partial charge on any atom is 0.324 e. The van der Waals surface area contributed by atoms with Gasteiger partial charge in [0.2, 0.25) is 5.91 Å². The third-order valence-corrected chi connectivity index (χ3v) is 5.21. The molecule has 1 aromatic rings. The third kappa shape index (κ3) is 5.10. The normalized spacial score (nSPS) is 22.5. The topological polar surface area (TPSA) is 79.0 Å². The largest absolute Gasteiger partial charge is 0.379 e. The number of nitrogens with zero attached hydrogens (tertiary/aromatic N) is 2. The van der Waals surface area contributed by atoms with Crippen LogP contribution in [0.15, 0.2) is 30.3 Å². The SMILES string of the molecule is CC(C)OCC[C@@H]1NC(=O)N(C[C@@H]2CC(=O)N(CCc3ccccc3)C2)C1=O. The molecule has 0 saturated carbocycles. The molecule has 1 aromatic carbocycles. The van der Waals surface area contributed by atoms with E-state index in [1.54, 1.807) is 0 Å². The van der Waals surface area contributed by atoms with Gasteiger partial charge in [-0.3, -0.25) is 14.5 Å². The predicted molar refractivity (Wildman–Crippen MR) is 105 cm³/mol. The van der Waals surface area contributed by atoms with Gasteiger partial charge in [0.1, 0.15) is 6.04 Å². The fraction of sp³-hybridized carbons (Fsp3) is 0.571. The number of hydrogen-bond donors (Lipinski definition) is 1. The van der Waals surface area contributed by atoms with Crippen molar-refractivity contribution in [2.75, 3.05) is 26.2 Å². The van der Waals surface area contributed by atoms with Crippen molar-refractivity contribution in [2.24, 2.45) is 5.92 Å². The monoisotopic (exact) mass is 387 g/mol. The standard InChI is InChI=1S/C21H29N3O4/c1-15(2)28-11-9-18-20(26)24(21(27)22-18)14-17-12-19(25)23(13-17)10-8-16-6-4-3-5-7-16/h3-7,15,17-18H,8-14H2,1-2H3,(H,22,27)/t17-,18+/m1/s1. The van der Waals surface area contributed by atoms with Crippen LogP contribution < -0.4 is 5.32 Å². The van der Waals surface area contributed by atoms with Gasteiger partial charge in [-0.25, -0.2) is 4.79 Å². The van der Waals surface area contributed by atoms with Crippen molar-refractivity contribution in [2.45, 2.75) is 45.3 Å². The van der Waals surface area contributed by atoms with Gasteiger partial charge in [0.15, 0.2) is 0 Å². The maximum absolute atomic E-state index is 12.5. The number of carbonyl (C=O) groups is 3. The average molecular weight is 387 g/mol. The zero-order valence-corrected chi connectivity index (χ0v) is 16.6. The smallest absolute Gasteiger partial charge is 0.324 e. The van der Waals surface area contributed by atoms with Crippen molar-refractivity contribution in [3.8, 4) is 0 Å². The maximum atomic E-state index is 12.5. The van der Waals surface area contributed by atoms with Gasteiger partial charge < -0.3 is 15.0 Å². The average Bonchev–Trinajstić information content (AvgIpc) is 3.14. The van der Waals surface area contributed by atoms with E-state index in [4.69, 9.17) is 4.74 Å². The molecular weight excluding hydrogens is 358 g/mol. The van der Waals surface area contributed by atoms with Crippen molar-refractivity contribution >= 4 is 17.8 Å². The van der Waals surface area contributed by atoms with E-state index in [0.29, 0.717) is 39.1 Å².